The Morgan fingerprint density at radius 3 is 2.27 bits per heavy atom. The van der Waals surface area contributed by atoms with Crippen molar-refractivity contribution >= 4 is 21.6 Å². The number of anilines is 1. The Hall–Kier alpha value is -2.34. The van der Waals surface area contributed by atoms with Gasteiger partial charge in [0.05, 0.1) is 4.90 Å². The summed E-state index contributed by atoms with van der Waals surface area (Å²) in [5.74, 6) is -0.214. The number of benzene rings is 2. The molecular weight excluding hydrogens is 348 g/mol. The lowest BCUT2D eigenvalue weighted by molar-refractivity contribution is 0.0933. The maximum atomic E-state index is 12.6. The monoisotopic (exact) mass is 372 g/mol. The second-order valence-electron chi connectivity index (χ2n) is 6.66. The summed E-state index contributed by atoms with van der Waals surface area (Å²) >= 11 is 0. The number of carbonyl (C=O) groups is 1. The minimum Gasteiger partial charge on any atom is -0.349 e. The van der Waals surface area contributed by atoms with E-state index in [1.165, 1.54) is 25.0 Å². The van der Waals surface area contributed by atoms with Gasteiger partial charge < -0.3 is 5.32 Å². The zero-order chi connectivity index (χ0) is 18.4. The van der Waals surface area contributed by atoms with E-state index in [4.69, 9.17) is 0 Å². The first-order valence-electron chi connectivity index (χ1n) is 9.03. The van der Waals surface area contributed by atoms with E-state index in [-0.39, 0.29) is 16.8 Å². The molecule has 0 unspecified atom stereocenters. The molecule has 6 heteroatoms. The van der Waals surface area contributed by atoms with Gasteiger partial charge in [-0.05, 0) is 43.2 Å². The van der Waals surface area contributed by atoms with Crippen LogP contribution in [0, 0.1) is 0 Å². The van der Waals surface area contributed by atoms with Gasteiger partial charge in [0, 0.05) is 17.3 Å². The number of sulfonamides is 1. The highest BCUT2D eigenvalue weighted by Crippen LogP contribution is 2.19. The van der Waals surface area contributed by atoms with Crippen LogP contribution in [0.2, 0.25) is 0 Å². The summed E-state index contributed by atoms with van der Waals surface area (Å²) in [5.41, 5.74) is 0.853. The minimum atomic E-state index is -3.74. The van der Waals surface area contributed by atoms with Crippen LogP contribution >= 0.6 is 0 Å². The zero-order valence-electron chi connectivity index (χ0n) is 14.6. The molecule has 3 rings (SSSR count). The largest absolute Gasteiger partial charge is 0.349 e. The van der Waals surface area contributed by atoms with Crippen LogP contribution in [-0.4, -0.2) is 20.4 Å². The highest BCUT2D eigenvalue weighted by Gasteiger charge is 2.19. The van der Waals surface area contributed by atoms with Crippen molar-refractivity contribution in [2.75, 3.05) is 4.72 Å². The van der Waals surface area contributed by atoms with Crippen molar-refractivity contribution in [3.63, 3.8) is 0 Å². The first-order valence-corrected chi connectivity index (χ1v) is 10.5. The van der Waals surface area contributed by atoms with Gasteiger partial charge in [-0.15, -0.1) is 0 Å². The van der Waals surface area contributed by atoms with E-state index in [9.17, 15) is 13.2 Å². The highest BCUT2D eigenvalue weighted by molar-refractivity contribution is 7.92. The van der Waals surface area contributed by atoms with Crippen molar-refractivity contribution in [2.24, 2.45) is 0 Å². The molecule has 0 spiro atoms. The Kier molecular flexibility index (Phi) is 5.93. The van der Waals surface area contributed by atoms with E-state index in [1.54, 1.807) is 36.4 Å². The van der Waals surface area contributed by atoms with E-state index in [2.05, 4.69) is 10.0 Å². The number of rotatable bonds is 5. The van der Waals surface area contributed by atoms with Crippen molar-refractivity contribution in [2.45, 2.75) is 49.5 Å². The first kappa shape index (κ1) is 18.5. The predicted molar refractivity (Wildman–Crippen MR) is 103 cm³/mol. The molecule has 1 amide bonds. The molecule has 5 nitrogen and oxygen atoms in total. The second-order valence-corrected chi connectivity index (χ2v) is 8.34. The molecule has 138 valence electrons. The number of hydrogen-bond acceptors (Lipinski definition) is 3. The van der Waals surface area contributed by atoms with Gasteiger partial charge in [0.25, 0.3) is 15.9 Å². The summed E-state index contributed by atoms with van der Waals surface area (Å²) in [6.07, 6.45) is 6.65. The van der Waals surface area contributed by atoms with Crippen LogP contribution in [0.1, 0.15) is 48.9 Å². The number of nitrogens with one attached hydrogen (secondary N) is 2. The average molecular weight is 372 g/mol. The van der Waals surface area contributed by atoms with Crippen LogP contribution in [0.5, 0.6) is 0 Å². The Morgan fingerprint density at radius 1 is 0.885 bits per heavy atom. The quantitative estimate of drug-likeness (QED) is 0.781. The molecule has 1 saturated carbocycles. The normalized spacial score (nSPS) is 15.8. The lowest BCUT2D eigenvalue weighted by Crippen LogP contribution is -2.34. The number of para-hydroxylation sites is 1. The van der Waals surface area contributed by atoms with Crippen LogP contribution in [0.3, 0.4) is 0 Å². The van der Waals surface area contributed by atoms with E-state index < -0.39 is 10.0 Å². The second kappa shape index (κ2) is 8.36. The third-order valence-corrected chi connectivity index (χ3v) is 6.00. The Balaban J connectivity index is 1.73. The van der Waals surface area contributed by atoms with Crippen LogP contribution in [-0.2, 0) is 10.0 Å². The van der Waals surface area contributed by atoms with Gasteiger partial charge in [-0.2, -0.15) is 0 Å². The van der Waals surface area contributed by atoms with Gasteiger partial charge in [0.1, 0.15) is 0 Å². The molecule has 2 N–H and O–H groups in total. The fourth-order valence-electron chi connectivity index (χ4n) is 3.22. The predicted octanol–water partition coefficient (Wildman–Crippen LogP) is 3.94. The molecule has 0 aromatic heterocycles. The van der Waals surface area contributed by atoms with E-state index in [0.717, 1.165) is 25.7 Å². The molecule has 1 aliphatic rings. The summed E-state index contributed by atoms with van der Waals surface area (Å²) in [6.45, 7) is 0. The lowest BCUT2D eigenvalue weighted by Gasteiger charge is -2.16. The van der Waals surface area contributed by atoms with Crippen molar-refractivity contribution in [1.82, 2.24) is 5.32 Å². The maximum absolute atomic E-state index is 12.6. The van der Waals surface area contributed by atoms with Crippen molar-refractivity contribution in [1.29, 1.82) is 0 Å². The summed E-state index contributed by atoms with van der Waals surface area (Å²) in [6, 6.07) is 15.0. The van der Waals surface area contributed by atoms with Gasteiger partial charge in [0.2, 0.25) is 0 Å². The van der Waals surface area contributed by atoms with Crippen molar-refractivity contribution in [3.05, 3.63) is 60.2 Å². The molecule has 0 radical (unpaired) electrons. The molecule has 2 aromatic carbocycles. The number of hydrogen-bond donors (Lipinski definition) is 2. The van der Waals surface area contributed by atoms with E-state index in [0.29, 0.717) is 11.3 Å². The molecule has 26 heavy (non-hydrogen) atoms. The lowest BCUT2D eigenvalue weighted by atomic mass is 10.1. The summed E-state index contributed by atoms with van der Waals surface area (Å²) in [7, 11) is -3.74. The van der Waals surface area contributed by atoms with Gasteiger partial charge in [-0.25, -0.2) is 8.42 Å². The summed E-state index contributed by atoms with van der Waals surface area (Å²) in [5, 5.41) is 3.05. The fraction of sp³-hybridized carbons (Fsp3) is 0.350. The van der Waals surface area contributed by atoms with E-state index in [1.807, 2.05) is 6.07 Å². The average Bonchev–Trinajstić information content (AvgIpc) is 2.91. The van der Waals surface area contributed by atoms with Crippen molar-refractivity contribution < 1.29 is 13.2 Å². The first-order chi connectivity index (χ1) is 12.5. The summed E-state index contributed by atoms with van der Waals surface area (Å²) < 4.78 is 27.7. The third kappa shape index (κ3) is 4.85. The SMILES string of the molecule is O=C(NC1CCCCCC1)c1cccc(S(=O)(=O)Nc2ccccc2)c1. The Labute approximate surface area is 154 Å². The molecule has 1 aliphatic carbocycles. The molecular formula is C20H24N2O3S. The Bertz CT molecular complexity index is 842. The molecule has 0 atom stereocenters. The smallest absolute Gasteiger partial charge is 0.261 e. The highest BCUT2D eigenvalue weighted by atomic mass is 32.2. The van der Waals surface area contributed by atoms with Gasteiger partial charge in [0.15, 0.2) is 0 Å². The van der Waals surface area contributed by atoms with Crippen LogP contribution in [0.25, 0.3) is 0 Å². The molecule has 1 fully saturated rings. The van der Waals surface area contributed by atoms with Gasteiger partial charge in [-0.3, -0.25) is 9.52 Å². The zero-order valence-corrected chi connectivity index (χ0v) is 15.5. The molecule has 0 bridgehead atoms. The fourth-order valence-corrected chi connectivity index (χ4v) is 4.32. The topological polar surface area (TPSA) is 75.3 Å². The van der Waals surface area contributed by atoms with Crippen LogP contribution < -0.4 is 10.0 Å². The third-order valence-electron chi connectivity index (χ3n) is 4.62. The molecule has 0 heterocycles. The molecule has 2 aromatic rings. The number of amides is 1. The Morgan fingerprint density at radius 2 is 1.58 bits per heavy atom. The van der Waals surface area contributed by atoms with E-state index >= 15 is 0 Å². The van der Waals surface area contributed by atoms with Crippen LogP contribution in [0.15, 0.2) is 59.5 Å². The standard InChI is InChI=1S/C20H24N2O3S/c23-20(21-17-10-4-1-2-5-11-17)16-9-8-14-19(15-16)26(24,25)22-18-12-6-3-7-13-18/h3,6-9,12-15,17,22H,1-2,4-5,10-11H2,(H,21,23). The molecule has 0 saturated heterocycles. The maximum Gasteiger partial charge on any atom is 0.261 e. The molecule has 0 aliphatic heterocycles. The van der Waals surface area contributed by atoms with Gasteiger partial charge >= 0.3 is 0 Å². The minimum absolute atomic E-state index is 0.0786. The summed E-state index contributed by atoms with van der Waals surface area (Å²) in [4.78, 5) is 12.6. The van der Waals surface area contributed by atoms with Crippen molar-refractivity contribution in [3.8, 4) is 0 Å². The van der Waals surface area contributed by atoms with Gasteiger partial charge in [-0.1, -0.05) is 49.9 Å². The number of carbonyl (C=O) groups excluding carboxylic acids is 1. The van der Waals surface area contributed by atoms with Crippen LogP contribution in [0.4, 0.5) is 5.69 Å².